The number of terminal acetylenes is 1. The molecular formula is C8H16N2. The second kappa shape index (κ2) is 5.28. The van der Waals surface area contributed by atoms with E-state index in [1.54, 1.807) is 5.01 Å². The second-order valence-electron chi connectivity index (χ2n) is 2.50. The molecule has 0 fully saturated rings. The summed E-state index contributed by atoms with van der Waals surface area (Å²) in [5.41, 5.74) is 0. The fourth-order valence-electron chi connectivity index (χ4n) is 0.766. The number of rotatable bonds is 4. The van der Waals surface area contributed by atoms with Crippen LogP contribution in [0.5, 0.6) is 0 Å². The van der Waals surface area contributed by atoms with E-state index in [4.69, 9.17) is 12.3 Å². The lowest BCUT2D eigenvalue weighted by Crippen LogP contribution is -2.39. The second-order valence-corrected chi connectivity index (χ2v) is 2.50. The van der Waals surface area contributed by atoms with Gasteiger partial charge in [-0.1, -0.05) is 6.92 Å². The minimum Gasteiger partial charge on any atom is -0.269 e. The summed E-state index contributed by atoms with van der Waals surface area (Å²) in [6.45, 7) is 5.06. The average Bonchev–Trinajstić information content (AvgIpc) is 1.89. The fraction of sp³-hybridized carbons (Fsp3) is 0.750. The van der Waals surface area contributed by atoms with Crippen LogP contribution in [0, 0.1) is 12.3 Å². The van der Waals surface area contributed by atoms with Crippen molar-refractivity contribution >= 4 is 0 Å². The first kappa shape index (κ1) is 9.48. The van der Waals surface area contributed by atoms with Crippen LogP contribution in [0.4, 0.5) is 0 Å². The van der Waals surface area contributed by atoms with Crippen LogP contribution in [0.25, 0.3) is 0 Å². The predicted octanol–water partition coefficient (Wildman–Crippen LogP) is 0.984. The predicted molar refractivity (Wildman–Crippen MR) is 44.1 cm³/mol. The molecule has 1 unspecified atom stereocenters. The molecule has 0 aliphatic heterocycles. The van der Waals surface area contributed by atoms with Gasteiger partial charge in [-0.3, -0.25) is 5.84 Å². The summed E-state index contributed by atoms with van der Waals surface area (Å²) < 4.78 is 0. The summed E-state index contributed by atoms with van der Waals surface area (Å²) >= 11 is 0. The lowest BCUT2D eigenvalue weighted by molar-refractivity contribution is 0.217. The van der Waals surface area contributed by atoms with Crippen LogP contribution >= 0.6 is 0 Å². The van der Waals surface area contributed by atoms with Gasteiger partial charge >= 0.3 is 0 Å². The highest BCUT2D eigenvalue weighted by molar-refractivity contribution is 4.87. The molecule has 0 aromatic rings. The van der Waals surface area contributed by atoms with Gasteiger partial charge in [-0.25, -0.2) is 5.01 Å². The maximum Gasteiger partial charge on any atom is 0.0322 e. The van der Waals surface area contributed by atoms with Crippen LogP contribution in [-0.4, -0.2) is 17.6 Å². The normalized spacial score (nSPS) is 13.1. The summed E-state index contributed by atoms with van der Waals surface area (Å²) in [7, 11) is 0. The van der Waals surface area contributed by atoms with E-state index >= 15 is 0 Å². The Morgan fingerprint density at radius 3 is 2.70 bits per heavy atom. The largest absolute Gasteiger partial charge is 0.269 e. The molecule has 0 rings (SSSR count). The molecule has 1 atom stereocenters. The van der Waals surface area contributed by atoms with Gasteiger partial charge < -0.3 is 0 Å². The maximum absolute atomic E-state index is 5.65. The van der Waals surface area contributed by atoms with Gasteiger partial charge in [0.1, 0.15) is 0 Å². The van der Waals surface area contributed by atoms with Gasteiger partial charge in [0.2, 0.25) is 0 Å². The van der Waals surface area contributed by atoms with E-state index in [-0.39, 0.29) is 0 Å². The molecule has 0 amide bonds. The molecule has 0 bridgehead atoms. The Morgan fingerprint density at radius 1 is 1.70 bits per heavy atom. The minimum absolute atomic E-state index is 0.310. The third-order valence-corrected chi connectivity index (χ3v) is 1.46. The minimum atomic E-state index is 0.310. The van der Waals surface area contributed by atoms with E-state index in [2.05, 4.69) is 12.8 Å². The summed E-state index contributed by atoms with van der Waals surface area (Å²) in [6, 6.07) is 0.310. The van der Waals surface area contributed by atoms with E-state index < -0.39 is 0 Å². The Balaban J connectivity index is 3.50. The van der Waals surface area contributed by atoms with Crippen molar-refractivity contribution in [1.82, 2.24) is 5.01 Å². The van der Waals surface area contributed by atoms with Gasteiger partial charge in [0.05, 0.1) is 0 Å². The van der Waals surface area contributed by atoms with Crippen LogP contribution in [-0.2, 0) is 0 Å². The average molecular weight is 140 g/mol. The highest BCUT2D eigenvalue weighted by atomic mass is 15.4. The molecule has 0 heterocycles. The molecule has 2 N–H and O–H groups in total. The Bertz CT molecular complexity index is 115. The summed E-state index contributed by atoms with van der Waals surface area (Å²) in [4.78, 5) is 0. The zero-order valence-electron chi connectivity index (χ0n) is 6.80. The molecule has 0 aliphatic carbocycles. The third kappa shape index (κ3) is 3.49. The Kier molecular flexibility index (Phi) is 5.00. The van der Waals surface area contributed by atoms with Crippen LogP contribution < -0.4 is 5.84 Å². The zero-order chi connectivity index (χ0) is 7.98. The van der Waals surface area contributed by atoms with Crippen molar-refractivity contribution in [3.05, 3.63) is 0 Å². The van der Waals surface area contributed by atoms with Crippen molar-refractivity contribution in [2.24, 2.45) is 5.84 Å². The van der Waals surface area contributed by atoms with Crippen molar-refractivity contribution in [1.29, 1.82) is 0 Å². The van der Waals surface area contributed by atoms with Crippen LogP contribution in [0.15, 0.2) is 0 Å². The van der Waals surface area contributed by atoms with Gasteiger partial charge in [0.15, 0.2) is 0 Å². The van der Waals surface area contributed by atoms with E-state index in [0.29, 0.717) is 6.04 Å². The number of nitrogens with zero attached hydrogens (tertiary/aromatic N) is 1. The molecule has 58 valence electrons. The third-order valence-electron chi connectivity index (χ3n) is 1.46. The Labute approximate surface area is 63.4 Å². The molecular weight excluding hydrogens is 124 g/mol. The first-order chi connectivity index (χ1) is 4.72. The maximum atomic E-state index is 5.65. The fourth-order valence-corrected chi connectivity index (χ4v) is 0.766. The molecule has 0 saturated carbocycles. The van der Waals surface area contributed by atoms with Gasteiger partial charge in [-0.05, 0) is 13.3 Å². The monoisotopic (exact) mass is 140 g/mol. The highest BCUT2D eigenvalue weighted by Gasteiger charge is 2.05. The number of hydrazine groups is 1. The van der Waals surface area contributed by atoms with E-state index in [1.807, 2.05) is 6.92 Å². The molecule has 10 heavy (non-hydrogen) atoms. The van der Waals surface area contributed by atoms with Gasteiger partial charge in [0, 0.05) is 19.0 Å². The molecule has 2 nitrogen and oxygen atoms in total. The molecule has 2 heteroatoms. The van der Waals surface area contributed by atoms with Crippen molar-refractivity contribution in [2.45, 2.75) is 32.7 Å². The van der Waals surface area contributed by atoms with E-state index in [9.17, 15) is 0 Å². The first-order valence-electron chi connectivity index (χ1n) is 3.67. The molecule has 0 radical (unpaired) electrons. The van der Waals surface area contributed by atoms with Crippen molar-refractivity contribution < 1.29 is 0 Å². The molecule has 0 aromatic heterocycles. The summed E-state index contributed by atoms with van der Waals surface area (Å²) in [6.07, 6.45) is 6.94. The Hall–Kier alpha value is -0.520. The van der Waals surface area contributed by atoms with Gasteiger partial charge in [0.25, 0.3) is 0 Å². The van der Waals surface area contributed by atoms with Crippen LogP contribution in [0.2, 0.25) is 0 Å². The van der Waals surface area contributed by atoms with Crippen molar-refractivity contribution in [3.8, 4) is 12.3 Å². The lowest BCUT2D eigenvalue weighted by Gasteiger charge is -2.21. The standard InChI is InChI=1S/C8H16N2/c1-4-6-8(3)10(9)7-5-2/h1,8H,5-7,9H2,2-3H3. The quantitative estimate of drug-likeness (QED) is 0.358. The highest BCUT2D eigenvalue weighted by Crippen LogP contribution is 1.97. The molecule has 0 aromatic carbocycles. The van der Waals surface area contributed by atoms with Crippen LogP contribution in [0.1, 0.15) is 26.7 Å². The molecule has 0 aliphatic rings. The molecule has 0 saturated heterocycles. The summed E-state index contributed by atoms with van der Waals surface area (Å²) in [5.74, 6) is 8.24. The first-order valence-corrected chi connectivity index (χ1v) is 3.67. The van der Waals surface area contributed by atoms with E-state index in [1.165, 1.54) is 0 Å². The van der Waals surface area contributed by atoms with Crippen LogP contribution in [0.3, 0.4) is 0 Å². The SMILES string of the molecule is C#CCC(C)N(N)CCC. The number of hydrogen-bond donors (Lipinski definition) is 1. The van der Waals surface area contributed by atoms with Crippen molar-refractivity contribution in [3.63, 3.8) is 0 Å². The number of nitrogens with two attached hydrogens (primary N) is 1. The van der Waals surface area contributed by atoms with E-state index in [0.717, 1.165) is 19.4 Å². The lowest BCUT2D eigenvalue weighted by atomic mass is 10.2. The van der Waals surface area contributed by atoms with Gasteiger partial charge in [-0.2, -0.15) is 0 Å². The van der Waals surface area contributed by atoms with Gasteiger partial charge in [-0.15, -0.1) is 12.3 Å². The number of hydrogen-bond acceptors (Lipinski definition) is 2. The summed E-state index contributed by atoms with van der Waals surface area (Å²) in [5, 5.41) is 1.79. The molecule has 0 spiro atoms. The smallest absolute Gasteiger partial charge is 0.0322 e. The topological polar surface area (TPSA) is 29.3 Å². The van der Waals surface area contributed by atoms with Crippen molar-refractivity contribution in [2.75, 3.05) is 6.54 Å². The Morgan fingerprint density at radius 2 is 2.30 bits per heavy atom. The zero-order valence-corrected chi connectivity index (χ0v) is 6.80.